The zero-order chi connectivity index (χ0) is 13.8. The molecule has 2 rings (SSSR count). The second-order valence-electron chi connectivity index (χ2n) is 4.49. The second kappa shape index (κ2) is 5.92. The first-order valence-corrected chi connectivity index (χ1v) is 7.02. The largest absolute Gasteiger partial charge is 0.481 e. The van der Waals surface area contributed by atoms with E-state index in [9.17, 15) is 4.79 Å². The molecule has 0 aliphatic heterocycles. The van der Waals surface area contributed by atoms with E-state index in [2.05, 4.69) is 15.5 Å². The molecule has 1 unspecified atom stereocenters. The third kappa shape index (κ3) is 3.17. The van der Waals surface area contributed by atoms with E-state index < -0.39 is 5.97 Å². The van der Waals surface area contributed by atoms with E-state index in [4.69, 9.17) is 5.11 Å². The third-order valence-corrected chi connectivity index (χ3v) is 4.08. The first kappa shape index (κ1) is 13.7. The number of hydrogen-bond acceptors (Lipinski definition) is 5. The normalized spacial score (nSPS) is 12.5. The van der Waals surface area contributed by atoms with E-state index in [0.29, 0.717) is 6.54 Å². The van der Waals surface area contributed by atoms with E-state index in [-0.39, 0.29) is 12.3 Å². The molecular formula is C12H16N4O2S. The highest BCUT2D eigenvalue weighted by molar-refractivity contribution is 7.13. The van der Waals surface area contributed by atoms with E-state index >= 15 is 0 Å². The van der Waals surface area contributed by atoms with Crippen LogP contribution in [0.5, 0.6) is 0 Å². The molecule has 0 spiro atoms. The Morgan fingerprint density at radius 3 is 2.95 bits per heavy atom. The Labute approximate surface area is 115 Å². The van der Waals surface area contributed by atoms with Crippen LogP contribution in [0.3, 0.4) is 0 Å². The molecule has 2 aromatic heterocycles. The average molecular weight is 280 g/mol. The van der Waals surface area contributed by atoms with Crippen LogP contribution in [-0.2, 0) is 11.3 Å². The minimum absolute atomic E-state index is 0.0417. The Morgan fingerprint density at radius 1 is 1.58 bits per heavy atom. The predicted molar refractivity (Wildman–Crippen MR) is 71.9 cm³/mol. The Hall–Kier alpha value is -1.76. The number of tetrazole rings is 1. The summed E-state index contributed by atoms with van der Waals surface area (Å²) < 4.78 is 1.70. The van der Waals surface area contributed by atoms with Gasteiger partial charge in [-0.15, -0.1) is 16.4 Å². The lowest BCUT2D eigenvalue weighted by Gasteiger charge is -2.12. The summed E-state index contributed by atoms with van der Waals surface area (Å²) in [6.07, 6.45) is 0.925. The van der Waals surface area contributed by atoms with Crippen molar-refractivity contribution in [2.75, 3.05) is 0 Å². The summed E-state index contributed by atoms with van der Waals surface area (Å²) in [5.74, 6) is -0.0230. The molecule has 19 heavy (non-hydrogen) atoms. The first-order chi connectivity index (χ1) is 9.11. The molecule has 0 fully saturated rings. The number of aryl methyl sites for hydroxylation is 1. The minimum atomic E-state index is -0.784. The lowest BCUT2D eigenvalue weighted by Crippen LogP contribution is -2.16. The monoisotopic (exact) mass is 280 g/mol. The van der Waals surface area contributed by atoms with Crippen LogP contribution in [0.25, 0.3) is 10.7 Å². The molecule has 0 saturated carbocycles. The van der Waals surface area contributed by atoms with Crippen LogP contribution in [0.15, 0.2) is 11.4 Å². The van der Waals surface area contributed by atoms with Gasteiger partial charge in [-0.3, -0.25) is 4.79 Å². The number of carboxylic acid groups (broad SMARTS) is 1. The standard InChI is InChI=1S/C12H16N4O2S/c1-3-9(6-10(17)18)7-16-12(13-14-15-16)11-8(2)4-5-19-11/h4-5,9H,3,6-7H2,1-2H3,(H,17,18). The molecule has 6 nitrogen and oxygen atoms in total. The zero-order valence-corrected chi connectivity index (χ0v) is 11.7. The molecule has 2 aromatic rings. The van der Waals surface area contributed by atoms with Gasteiger partial charge in [-0.05, 0) is 40.3 Å². The Morgan fingerprint density at radius 2 is 2.37 bits per heavy atom. The molecule has 0 saturated heterocycles. The molecule has 2 heterocycles. The van der Waals surface area contributed by atoms with Gasteiger partial charge in [0.05, 0.1) is 4.88 Å². The van der Waals surface area contributed by atoms with Gasteiger partial charge in [-0.25, -0.2) is 4.68 Å². The summed E-state index contributed by atoms with van der Waals surface area (Å²) in [6.45, 7) is 4.52. The number of aromatic nitrogens is 4. The van der Waals surface area contributed by atoms with Gasteiger partial charge in [0.2, 0.25) is 0 Å². The van der Waals surface area contributed by atoms with Crippen molar-refractivity contribution >= 4 is 17.3 Å². The van der Waals surface area contributed by atoms with Gasteiger partial charge in [0, 0.05) is 13.0 Å². The highest BCUT2D eigenvalue weighted by atomic mass is 32.1. The van der Waals surface area contributed by atoms with Gasteiger partial charge in [0.1, 0.15) is 0 Å². The molecule has 0 bridgehead atoms. The lowest BCUT2D eigenvalue weighted by molar-refractivity contribution is -0.138. The van der Waals surface area contributed by atoms with Gasteiger partial charge < -0.3 is 5.11 Å². The fourth-order valence-corrected chi connectivity index (χ4v) is 2.84. The SMILES string of the molecule is CCC(CC(=O)O)Cn1nnnc1-c1sccc1C. The van der Waals surface area contributed by atoms with Gasteiger partial charge >= 0.3 is 5.97 Å². The smallest absolute Gasteiger partial charge is 0.303 e. The van der Waals surface area contributed by atoms with Crippen molar-refractivity contribution in [1.29, 1.82) is 0 Å². The van der Waals surface area contributed by atoms with Crippen LogP contribution < -0.4 is 0 Å². The van der Waals surface area contributed by atoms with Crippen LogP contribution in [0.4, 0.5) is 0 Å². The van der Waals surface area contributed by atoms with Crippen LogP contribution in [-0.4, -0.2) is 31.3 Å². The Bertz CT molecular complexity index is 564. The molecule has 1 N–H and O–H groups in total. The summed E-state index contributed by atoms with van der Waals surface area (Å²) in [6, 6.07) is 2.02. The lowest BCUT2D eigenvalue weighted by atomic mass is 10.0. The molecule has 0 radical (unpaired) electrons. The maximum absolute atomic E-state index is 10.8. The number of aliphatic carboxylic acids is 1. The Kier molecular flexibility index (Phi) is 4.26. The summed E-state index contributed by atoms with van der Waals surface area (Å²) >= 11 is 1.59. The fraction of sp³-hybridized carbons (Fsp3) is 0.500. The van der Waals surface area contributed by atoms with Crippen molar-refractivity contribution in [2.45, 2.75) is 33.2 Å². The van der Waals surface area contributed by atoms with Gasteiger partial charge in [-0.1, -0.05) is 13.3 Å². The van der Waals surface area contributed by atoms with E-state index in [1.165, 1.54) is 0 Å². The maximum Gasteiger partial charge on any atom is 0.303 e. The molecule has 0 amide bonds. The predicted octanol–water partition coefficient (Wildman–Crippen LogP) is 2.21. The second-order valence-corrected chi connectivity index (χ2v) is 5.41. The summed E-state index contributed by atoms with van der Waals surface area (Å²) in [4.78, 5) is 11.8. The van der Waals surface area contributed by atoms with Crippen LogP contribution >= 0.6 is 11.3 Å². The summed E-state index contributed by atoms with van der Waals surface area (Å²) in [7, 11) is 0. The van der Waals surface area contributed by atoms with Crippen LogP contribution in [0, 0.1) is 12.8 Å². The maximum atomic E-state index is 10.8. The minimum Gasteiger partial charge on any atom is -0.481 e. The number of hydrogen-bond donors (Lipinski definition) is 1. The Balaban J connectivity index is 2.20. The molecule has 102 valence electrons. The highest BCUT2D eigenvalue weighted by Crippen LogP contribution is 2.27. The number of thiophene rings is 1. The van der Waals surface area contributed by atoms with E-state index in [1.807, 2.05) is 25.3 Å². The molecule has 0 aliphatic carbocycles. The van der Waals surface area contributed by atoms with Crippen molar-refractivity contribution < 1.29 is 9.90 Å². The van der Waals surface area contributed by atoms with Gasteiger partial charge in [0.15, 0.2) is 5.82 Å². The van der Waals surface area contributed by atoms with Crippen molar-refractivity contribution in [2.24, 2.45) is 5.92 Å². The van der Waals surface area contributed by atoms with Gasteiger partial charge in [-0.2, -0.15) is 0 Å². The van der Waals surface area contributed by atoms with Gasteiger partial charge in [0.25, 0.3) is 0 Å². The van der Waals surface area contributed by atoms with Crippen LogP contribution in [0.1, 0.15) is 25.3 Å². The number of rotatable bonds is 6. The third-order valence-electron chi connectivity index (χ3n) is 3.07. The highest BCUT2D eigenvalue weighted by Gasteiger charge is 2.17. The van der Waals surface area contributed by atoms with Crippen molar-refractivity contribution in [3.8, 4) is 10.7 Å². The van der Waals surface area contributed by atoms with Crippen LogP contribution in [0.2, 0.25) is 0 Å². The first-order valence-electron chi connectivity index (χ1n) is 6.14. The summed E-state index contributed by atoms with van der Waals surface area (Å²) in [5.41, 5.74) is 1.13. The van der Waals surface area contributed by atoms with E-state index in [0.717, 1.165) is 22.7 Å². The number of carbonyl (C=O) groups is 1. The molecule has 0 aromatic carbocycles. The quantitative estimate of drug-likeness (QED) is 0.877. The zero-order valence-electron chi connectivity index (χ0n) is 10.9. The molecular weight excluding hydrogens is 264 g/mol. The van der Waals surface area contributed by atoms with Crippen molar-refractivity contribution in [1.82, 2.24) is 20.2 Å². The molecule has 7 heteroatoms. The van der Waals surface area contributed by atoms with Crippen molar-refractivity contribution in [3.05, 3.63) is 17.0 Å². The molecule has 1 atom stereocenters. The fourth-order valence-electron chi connectivity index (χ4n) is 1.92. The number of nitrogens with zero attached hydrogens (tertiary/aromatic N) is 4. The molecule has 0 aliphatic rings. The average Bonchev–Trinajstić information content (AvgIpc) is 2.96. The number of carboxylic acids is 1. The van der Waals surface area contributed by atoms with Crippen molar-refractivity contribution in [3.63, 3.8) is 0 Å². The van der Waals surface area contributed by atoms with E-state index in [1.54, 1.807) is 16.0 Å². The topological polar surface area (TPSA) is 80.9 Å². The summed E-state index contributed by atoms with van der Waals surface area (Å²) in [5, 5.41) is 22.6.